The van der Waals surface area contributed by atoms with Crippen LogP contribution in [0.1, 0.15) is 31.4 Å². The number of carbonyl (C=O) groups is 3. The Kier molecular flexibility index (Phi) is 7.94. The summed E-state index contributed by atoms with van der Waals surface area (Å²) in [5, 5.41) is 8.51. The van der Waals surface area contributed by atoms with Crippen LogP contribution in [0, 0.1) is 11.2 Å². The molecule has 2 atom stereocenters. The largest absolute Gasteiger partial charge is 0.374 e. The van der Waals surface area contributed by atoms with Crippen LogP contribution in [0.15, 0.2) is 59.7 Å². The molecule has 0 spiro atoms. The van der Waals surface area contributed by atoms with Crippen LogP contribution in [-0.2, 0) is 32.1 Å². The molecule has 1 fully saturated rings. The van der Waals surface area contributed by atoms with Crippen molar-refractivity contribution >= 4 is 23.4 Å². The number of carbonyl (C=O) groups excluding carboxylic acids is 3. The Hall–Kier alpha value is -3.63. The van der Waals surface area contributed by atoms with E-state index in [-0.39, 0.29) is 43.8 Å². The van der Waals surface area contributed by atoms with Crippen molar-refractivity contribution in [2.24, 2.45) is 16.3 Å². The molecule has 0 aliphatic carbocycles. The maximum Gasteiger partial charge on any atom is 0.256 e. The summed E-state index contributed by atoms with van der Waals surface area (Å²) in [4.78, 5) is 41.5. The minimum atomic E-state index is -1.20. The molecule has 10 heteroatoms. The van der Waals surface area contributed by atoms with E-state index in [0.717, 1.165) is 11.1 Å². The van der Waals surface area contributed by atoms with E-state index in [2.05, 4.69) is 10.4 Å². The topological polar surface area (TPSA) is 117 Å². The summed E-state index contributed by atoms with van der Waals surface area (Å²) in [6, 6.07) is 14.5. The van der Waals surface area contributed by atoms with Gasteiger partial charge in [0.1, 0.15) is 17.3 Å². The molecule has 202 valence electrons. The number of hydrazone groups is 1. The predicted molar refractivity (Wildman–Crippen MR) is 140 cm³/mol. The van der Waals surface area contributed by atoms with Gasteiger partial charge in [-0.05, 0) is 43.5 Å². The van der Waals surface area contributed by atoms with Gasteiger partial charge in [-0.1, -0.05) is 42.5 Å². The third-order valence-electron chi connectivity index (χ3n) is 6.92. The van der Waals surface area contributed by atoms with Gasteiger partial charge in [0.2, 0.25) is 11.8 Å². The number of fused-ring (bicyclic) bond motifs is 1. The van der Waals surface area contributed by atoms with Gasteiger partial charge in [-0.15, -0.1) is 0 Å². The lowest BCUT2D eigenvalue weighted by Crippen LogP contribution is -2.61. The molecule has 3 amide bonds. The molecule has 3 N–H and O–H groups in total. The number of amides is 3. The molecule has 2 unspecified atom stereocenters. The molecule has 9 nitrogen and oxygen atoms in total. The number of hydrogen-bond donors (Lipinski definition) is 2. The zero-order chi connectivity index (χ0) is 27.5. The van der Waals surface area contributed by atoms with Crippen LogP contribution in [-0.4, -0.2) is 71.7 Å². The van der Waals surface area contributed by atoms with Gasteiger partial charge in [0.15, 0.2) is 0 Å². The SMILES string of the molecule is CN1N=C2CCN(C(=O)C(COCc3ccccc3)NC(=O)C(C)(C)N)CC2(Cc2ccc(F)cc2)C1=O. The molecular formula is C28H34FN5O4. The van der Waals surface area contributed by atoms with E-state index >= 15 is 0 Å². The molecule has 0 saturated carbocycles. The number of hydrogen-bond acceptors (Lipinski definition) is 6. The molecule has 2 aromatic carbocycles. The van der Waals surface area contributed by atoms with Crippen molar-refractivity contribution < 1.29 is 23.5 Å². The monoisotopic (exact) mass is 523 g/mol. The second-order valence-electron chi connectivity index (χ2n) is 10.5. The van der Waals surface area contributed by atoms with Gasteiger partial charge in [0.25, 0.3) is 5.91 Å². The first kappa shape index (κ1) is 27.4. The minimum absolute atomic E-state index is 0.0637. The number of halogens is 1. The molecule has 0 bridgehead atoms. The molecule has 4 rings (SSSR count). The second kappa shape index (κ2) is 11.0. The zero-order valence-corrected chi connectivity index (χ0v) is 21.9. The Balaban J connectivity index is 1.55. The lowest BCUT2D eigenvalue weighted by Gasteiger charge is -2.40. The van der Waals surface area contributed by atoms with Crippen molar-refractivity contribution in [1.82, 2.24) is 15.2 Å². The number of benzene rings is 2. The fourth-order valence-corrected chi connectivity index (χ4v) is 4.83. The normalized spacial score (nSPS) is 20.1. The smallest absolute Gasteiger partial charge is 0.256 e. The number of nitrogens with zero attached hydrogens (tertiary/aromatic N) is 3. The second-order valence-corrected chi connectivity index (χ2v) is 10.5. The molecule has 0 radical (unpaired) electrons. The van der Waals surface area contributed by atoms with E-state index in [4.69, 9.17) is 10.5 Å². The quantitative estimate of drug-likeness (QED) is 0.520. The lowest BCUT2D eigenvalue weighted by molar-refractivity contribution is -0.143. The Morgan fingerprint density at radius 3 is 2.50 bits per heavy atom. The van der Waals surface area contributed by atoms with Gasteiger partial charge in [-0.3, -0.25) is 14.4 Å². The maximum absolute atomic E-state index is 13.8. The highest BCUT2D eigenvalue weighted by molar-refractivity contribution is 6.13. The van der Waals surface area contributed by atoms with Crippen molar-refractivity contribution in [2.45, 2.75) is 44.9 Å². The summed E-state index contributed by atoms with van der Waals surface area (Å²) >= 11 is 0. The van der Waals surface area contributed by atoms with E-state index < -0.39 is 22.9 Å². The summed E-state index contributed by atoms with van der Waals surface area (Å²) in [6.45, 7) is 3.74. The number of nitrogens with one attached hydrogen (secondary N) is 1. The first-order chi connectivity index (χ1) is 18.0. The van der Waals surface area contributed by atoms with Gasteiger partial charge in [0.05, 0.1) is 24.5 Å². The molecule has 2 aliphatic heterocycles. The van der Waals surface area contributed by atoms with Crippen LogP contribution >= 0.6 is 0 Å². The van der Waals surface area contributed by atoms with E-state index in [1.165, 1.54) is 17.1 Å². The maximum atomic E-state index is 13.8. The van der Waals surface area contributed by atoms with Crippen molar-refractivity contribution in [3.63, 3.8) is 0 Å². The molecule has 38 heavy (non-hydrogen) atoms. The van der Waals surface area contributed by atoms with Crippen LogP contribution in [0.4, 0.5) is 4.39 Å². The van der Waals surface area contributed by atoms with Crippen molar-refractivity contribution in [3.8, 4) is 0 Å². The summed E-state index contributed by atoms with van der Waals surface area (Å²) in [7, 11) is 1.59. The highest BCUT2D eigenvalue weighted by Gasteiger charge is 2.54. The van der Waals surface area contributed by atoms with Gasteiger partial charge >= 0.3 is 0 Å². The van der Waals surface area contributed by atoms with E-state index in [0.29, 0.717) is 18.7 Å². The van der Waals surface area contributed by atoms with Crippen molar-refractivity contribution in [1.29, 1.82) is 0 Å². The average molecular weight is 524 g/mol. The molecule has 2 aliphatic rings. The Bertz CT molecular complexity index is 1210. The third-order valence-corrected chi connectivity index (χ3v) is 6.92. The Labute approximate surface area is 221 Å². The van der Waals surface area contributed by atoms with Crippen LogP contribution < -0.4 is 11.1 Å². The standard InChI is InChI=1S/C28H34FN5O4/c1-27(2,30)25(36)31-22(17-38-16-20-7-5-4-6-8-20)24(35)34-14-13-23-28(18-34,26(37)33(3)32-23)15-19-9-11-21(29)12-10-19/h4-12,22H,13-18,30H2,1-3H3,(H,31,36). The van der Waals surface area contributed by atoms with Gasteiger partial charge < -0.3 is 20.7 Å². The predicted octanol–water partition coefficient (Wildman–Crippen LogP) is 1.85. The fourth-order valence-electron chi connectivity index (χ4n) is 4.83. The summed E-state index contributed by atoms with van der Waals surface area (Å²) < 4.78 is 19.3. The molecular weight excluding hydrogens is 489 g/mol. The highest BCUT2D eigenvalue weighted by atomic mass is 19.1. The van der Waals surface area contributed by atoms with Crippen molar-refractivity contribution in [3.05, 3.63) is 71.5 Å². The highest BCUT2D eigenvalue weighted by Crippen LogP contribution is 2.38. The lowest BCUT2D eigenvalue weighted by atomic mass is 9.73. The summed E-state index contributed by atoms with van der Waals surface area (Å²) in [5.74, 6) is -1.45. The fraction of sp³-hybridized carbons (Fsp3) is 0.429. The molecule has 2 heterocycles. The number of nitrogens with two attached hydrogens (primary N) is 1. The number of likely N-dealkylation sites (tertiary alicyclic amines) is 1. The Morgan fingerprint density at radius 1 is 1.16 bits per heavy atom. The number of ether oxygens (including phenoxy) is 1. The van der Waals surface area contributed by atoms with E-state index in [1.807, 2.05) is 30.3 Å². The van der Waals surface area contributed by atoms with Crippen molar-refractivity contribution in [2.75, 3.05) is 26.7 Å². The van der Waals surface area contributed by atoms with Crippen LogP contribution in [0.5, 0.6) is 0 Å². The van der Waals surface area contributed by atoms with E-state index in [9.17, 15) is 18.8 Å². The first-order valence-corrected chi connectivity index (χ1v) is 12.6. The van der Waals surface area contributed by atoms with Crippen LogP contribution in [0.25, 0.3) is 0 Å². The molecule has 0 aromatic heterocycles. The number of piperidine rings is 1. The van der Waals surface area contributed by atoms with Crippen LogP contribution in [0.2, 0.25) is 0 Å². The average Bonchev–Trinajstić information content (AvgIpc) is 3.13. The van der Waals surface area contributed by atoms with E-state index in [1.54, 1.807) is 37.9 Å². The Morgan fingerprint density at radius 2 is 1.84 bits per heavy atom. The number of rotatable bonds is 9. The minimum Gasteiger partial charge on any atom is -0.374 e. The van der Waals surface area contributed by atoms with Gasteiger partial charge in [-0.25, -0.2) is 9.40 Å². The zero-order valence-electron chi connectivity index (χ0n) is 21.9. The first-order valence-electron chi connectivity index (χ1n) is 12.6. The van der Waals surface area contributed by atoms with Gasteiger partial charge in [0, 0.05) is 26.6 Å². The third kappa shape index (κ3) is 5.92. The summed E-state index contributed by atoms with van der Waals surface area (Å²) in [5.41, 5.74) is 6.10. The van der Waals surface area contributed by atoms with Crippen LogP contribution in [0.3, 0.4) is 0 Å². The molecule has 1 saturated heterocycles. The summed E-state index contributed by atoms with van der Waals surface area (Å²) in [6.07, 6.45) is 0.674. The van der Waals surface area contributed by atoms with Gasteiger partial charge in [-0.2, -0.15) is 5.10 Å². The molecule has 2 aromatic rings.